The molecule has 0 saturated heterocycles. The lowest BCUT2D eigenvalue weighted by Gasteiger charge is -2.27. The van der Waals surface area contributed by atoms with E-state index < -0.39 is 17.6 Å². The van der Waals surface area contributed by atoms with Crippen molar-refractivity contribution in [1.82, 2.24) is 9.91 Å². The van der Waals surface area contributed by atoms with Gasteiger partial charge in [0.2, 0.25) is 0 Å². The van der Waals surface area contributed by atoms with Crippen LogP contribution in [0.2, 0.25) is 0 Å². The molecule has 3 aromatic carbocycles. The molecule has 0 spiro atoms. The standard InChI is InChI=1S/C27H25F2N3O3/c1-35-15-14-31(27(34)21-8-5-9-23(29)16-21)18-26(33)32-25(20-6-3-2-4-7-20)17-24(30-32)19-10-12-22(28)13-11-19/h2-13,16,25H,14-15,17-18H2,1H3. The van der Waals surface area contributed by atoms with Crippen molar-refractivity contribution in [2.45, 2.75) is 12.5 Å². The second-order valence-corrected chi connectivity index (χ2v) is 8.15. The minimum absolute atomic E-state index is 0.144. The minimum atomic E-state index is -0.536. The molecule has 0 N–H and O–H groups in total. The zero-order chi connectivity index (χ0) is 24.8. The van der Waals surface area contributed by atoms with Crippen molar-refractivity contribution >= 4 is 17.5 Å². The summed E-state index contributed by atoms with van der Waals surface area (Å²) in [5, 5.41) is 5.96. The number of carbonyl (C=O) groups excluding carboxylic acids is 2. The monoisotopic (exact) mass is 477 g/mol. The minimum Gasteiger partial charge on any atom is -0.383 e. The third kappa shape index (κ3) is 5.78. The highest BCUT2D eigenvalue weighted by molar-refractivity contribution is 6.03. The highest BCUT2D eigenvalue weighted by Gasteiger charge is 2.34. The molecule has 1 aliphatic rings. The van der Waals surface area contributed by atoms with Crippen LogP contribution in [0.15, 0.2) is 84.0 Å². The van der Waals surface area contributed by atoms with Crippen LogP contribution in [0.25, 0.3) is 0 Å². The second kappa shape index (κ2) is 11.0. The lowest BCUT2D eigenvalue weighted by Crippen LogP contribution is -2.42. The second-order valence-electron chi connectivity index (χ2n) is 8.15. The number of carbonyl (C=O) groups is 2. The molecule has 35 heavy (non-hydrogen) atoms. The number of methoxy groups -OCH3 is 1. The summed E-state index contributed by atoms with van der Waals surface area (Å²) in [5.74, 6) is -1.76. The van der Waals surface area contributed by atoms with Crippen molar-refractivity contribution in [2.75, 3.05) is 26.8 Å². The van der Waals surface area contributed by atoms with E-state index in [2.05, 4.69) is 5.10 Å². The molecule has 4 rings (SSSR count). The van der Waals surface area contributed by atoms with Crippen molar-refractivity contribution in [1.29, 1.82) is 0 Å². The molecule has 6 nitrogen and oxygen atoms in total. The average molecular weight is 478 g/mol. The summed E-state index contributed by atoms with van der Waals surface area (Å²) in [6.45, 7) is 0.0960. The fraction of sp³-hybridized carbons (Fsp3) is 0.222. The number of halogens is 2. The molecule has 1 atom stereocenters. The van der Waals surface area contributed by atoms with Crippen LogP contribution in [0.1, 0.15) is 33.9 Å². The number of hydrogen-bond donors (Lipinski definition) is 0. The number of nitrogens with zero attached hydrogens (tertiary/aromatic N) is 3. The smallest absolute Gasteiger partial charge is 0.262 e. The number of amides is 2. The first-order valence-electron chi connectivity index (χ1n) is 11.2. The third-order valence-electron chi connectivity index (χ3n) is 5.78. The van der Waals surface area contributed by atoms with Gasteiger partial charge >= 0.3 is 0 Å². The molecule has 0 aromatic heterocycles. The van der Waals surface area contributed by atoms with Crippen molar-refractivity contribution < 1.29 is 23.1 Å². The third-order valence-corrected chi connectivity index (χ3v) is 5.78. The Hall–Kier alpha value is -3.91. The van der Waals surface area contributed by atoms with Crippen molar-refractivity contribution in [3.8, 4) is 0 Å². The van der Waals surface area contributed by atoms with E-state index in [1.165, 1.54) is 47.4 Å². The summed E-state index contributed by atoms with van der Waals surface area (Å²) in [4.78, 5) is 27.9. The number of hydrazone groups is 1. The van der Waals surface area contributed by atoms with Gasteiger partial charge in [-0.3, -0.25) is 9.59 Å². The van der Waals surface area contributed by atoms with Gasteiger partial charge in [-0.15, -0.1) is 0 Å². The Bertz CT molecular complexity index is 1220. The van der Waals surface area contributed by atoms with Gasteiger partial charge in [-0.05, 0) is 41.5 Å². The van der Waals surface area contributed by atoms with Crippen LogP contribution in [0.5, 0.6) is 0 Å². The lowest BCUT2D eigenvalue weighted by atomic mass is 9.98. The zero-order valence-electron chi connectivity index (χ0n) is 19.2. The average Bonchev–Trinajstić information content (AvgIpc) is 3.33. The SMILES string of the molecule is COCCN(CC(=O)N1N=C(c2ccc(F)cc2)CC1c1ccccc1)C(=O)c1cccc(F)c1. The van der Waals surface area contributed by atoms with E-state index >= 15 is 0 Å². The van der Waals surface area contributed by atoms with Gasteiger partial charge in [-0.1, -0.05) is 48.5 Å². The summed E-state index contributed by atoms with van der Waals surface area (Å²) in [6, 6.07) is 20.4. The Kier molecular flexibility index (Phi) is 7.62. The van der Waals surface area contributed by atoms with Gasteiger partial charge < -0.3 is 9.64 Å². The highest BCUT2D eigenvalue weighted by atomic mass is 19.1. The van der Waals surface area contributed by atoms with E-state index in [9.17, 15) is 18.4 Å². The van der Waals surface area contributed by atoms with Crippen LogP contribution in [0, 0.1) is 11.6 Å². The molecule has 0 bridgehead atoms. The molecule has 2 amide bonds. The molecular weight excluding hydrogens is 452 g/mol. The van der Waals surface area contributed by atoms with E-state index in [0.29, 0.717) is 12.1 Å². The molecule has 1 unspecified atom stereocenters. The van der Waals surface area contributed by atoms with Crippen LogP contribution in [0.4, 0.5) is 8.78 Å². The maximum Gasteiger partial charge on any atom is 0.262 e. The molecule has 3 aromatic rings. The number of ether oxygens (including phenoxy) is 1. The Morgan fingerprint density at radius 2 is 1.74 bits per heavy atom. The van der Waals surface area contributed by atoms with E-state index in [1.807, 2.05) is 30.3 Å². The first kappa shape index (κ1) is 24.2. The zero-order valence-corrected chi connectivity index (χ0v) is 19.2. The predicted molar refractivity (Wildman–Crippen MR) is 128 cm³/mol. The fourth-order valence-corrected chi connectivity index (χ4v) is 3.99. The van der Waals surface area contributed by atoms with Gasteiger partial charge in [0.05, 0.1) is 18.4 Å². The summed E-state index contributed by atoms with van der Waals surface area (Å²) in [7, 11) is 1.50. The van der Waals surface area contributed by atoms with Crippen molar-refractivity contribution in [3.63, 3.8) is 0 Å². The molecule has 0 fully saturated rings. The van der Waals surface area contributed by atoms with Crippen LogP contribution in [0.3, 0.4) is 0 Å². The van der Waals surface area contributed by atoms with E-state index in [-0.39, 0.29) is 37.1 Å². The number of hydrogen-bond acceptors (Lipinski definition) is 4. The maximum atomic E-state index is 13.7. The molecule has 0 aliphatic carbocycles. The summed E-state index contributed by atoms with van der Waals surface area (Å²) in [6.07, 6.45) is 0.442. The Morgan fingerprint density at radius 3 is 2.43 bits per heavy atom. The first-order chi connectivity index (χ1) is 17.0. The summed E-state index contributed by atoms with van der Waals surface area (Å²) >= 11 is 0. The fourth-order valence-electron chi connectivity index (χ4n) is 3.99. The molecular formula is C27H25F2N3O3. The Morgan fingerprint density at radius 1 is 1.00 bits per heavy atom. The molecule has 1 aliphatic heterocycles. The van der Waals surface area contributed by atoms with E-state index in [1.54, 1.807) is 12.1 Å². The number of benzene rings is 3. The molecule has 180 valence electrons. The first-order valence-corrected chi connectivity index (χ1v) is 11.2. The van der Waals surface area contributed by atoms with Gasteiger partial charge in [-0.25, -0.2) is 13.8 Å². The predicted octanol–water partition coefficient (Wildman–Crippen LogP) is 4.43. The van der Waals surface area contributed by atoms with Gasteiger partial charge in [-0.2, -0.15) is 5.10 Å². The van der Waals surface area contributed by atoms with E-state index in [4.69, 9.17) is 4.74 Å². The Balaban J connectivity index is 1.61. The van der Waals surface area contributed by atoms with Crippen LogP contribution >= 0.6 is 0 Å². The highest BCUT2D eigenvalue weighted by Crippen LogP contribution is 2.33. The Labute approximate surface area is 202 Å². The van der Waals surface area contributed by atoms with Crippen molar-refractivity contribution in [3.05, 3.63) is 107 Å². The maximum absolute atomic E-state index is 13.7. The normalized spacial score (nSPS) is 15.1. The molecule has 0 saturated carbocycles. The van der Waals surface area contributed by atoms with Crippen LogP contribution in [-0.4, -0.2) is 54.2 Å². The van der Waals surface area contributed by atoms with Gasteiger partial charge in [0, 0.05) is 25.6 Å². The van der Waals surface area contributed by atoms with Crippen molar-refractivity contribution in [2.24, 2.45) is 5.10 Å². The summed E-state index contributed by atoms with van der Waals surface area (Å²) < 4.78 is 32.3. The van der Waals surface area contributed by atoms with Crippen LogP contribution in [-0.2, 0) is 9.53 Å². The molecule has 1 heterocycles. The largest absolute Gasteiger partial charge is 0.383 e. The van der Waals surface area contributed by atoms with E-state index in [0.717, 1.165) is 17.2 Å². The van der Waals surface area contributed by atoms with Gasteiger partial charge in [0.1, 0.15) is 18.2 Å². The summed E-state index contributed by atoms with van der Waals surface area (Å²) in [5.41, 5.74) is 2.40. The molecule has 8 heteroatoms. The number of rotatable bonds is 8. The topological polar surface area (TPSA) is 62.2 Å². The lowest BCUT2D eigenvalue weighted by molar-refractivity contribution is -0.133. The van der Waals surface area contributed by atoms with Gasteiger partial charge in [0.25, 0.3) is 11.8 Å². The quantitative estimate of drug-likeness (QED) is 0.482. The van der Waals surface area contributed by atoms with Crippen LogP contribution < -0.4 is 0 Å². The van der Waals surface area contributed by atoms with Gasteiger partial charge in [0.15, 0.2) is 0 Å². The molecule has 0 radical (unpaired) electrons.